The van der Waals surface area contributed by atoms with Crippen LogP contribution in [-0.2, 0) is 0 Å². The number of carbonyl (C=O) groups is 1. The van der Waals surface area contributed by atoms with Gasteiger partial charge in [-0.3, -0.25) is 14.9 Å². The van der Waals surface area contributed by atoms with Gasteiger partial charge in [0.25, 0.3) is 0 Å². The Morgan fingerprint density at radius 3 is 2.56 bits per heavy atom. The van der Waals surface area contributed by atoms with Crippen molar-refractivity contribution < 1.29 is 19.6 Å². The SMILES string of the molecule is COc1c(O)c(Br)c(Cl)c(C=O)c1[N+](=O)[O-]. The van der Waals surface area contributed by atoms with Gasteiger partial charge in [0.05, 0.1) is 21.5 Å². The quantitative estimate of drug-likeness (QED) is 0.526. The minimum absolute atomic E-state index is 0.0290. The number of phenols is 1. The number of nitrogens with zero attached hydrogens (tertiary/aromatic N) is 1. The average Bonchev–Trinajstić information content (AvgIpc) is 2.25. The predicted molar refractivity (Wildman–Crippen MR) is 59.4 cm³/mol. The summed E-state index contributed by atoms with van der Waals surface area (Å²) in [6.45, 7) is 0. The van der Waals surface area contributed by atoms with Crippen LogP contribution in [0.5, 0.6) is 11.5 Å². The van der Waals surface area contributed by atoms with E-state index in [-0.39, 0.29) is 21.3 Å². The first kappa shape index (κ1) is 12.7. The molecule has 0 heterocycles. The van der Waals surface area contributed by atoms with E-state index in [2.05, 4.69) is 20.7 Å². The number of rotatable bonds is 3. The smallest absolute Gasteiger partial charge is 0.326 e. The van der Waals surface area contributed by atoms with Gasteiger partial charge in [0, 0.05) is 0 Å². The Bertz CT molecular complexity index is 476. The van der Waals surface area contributed by atoms with Crippen molar-refractivity contribution in [3.05, 3.63) is 25.2 Å². The monoisotopic (exact) mass is 309 g/mol. The normalized spacial score (nSPS) is 9.94. The van der Waals surface area contributed by atoms with E-state index < -0.39 is 22.1 Å². The number of aromatic hydroxyl groups is 1. The summed E-state index contributed by atoms with van der Waals surface area (Å²) in [6, 6.07) is 0. The maximum Gasteiger partial charge on any atom is 0.326 e. The molecular formula is C8H5BrClNO5. The highest BCUT2D eigenvalue weighted by Crippen LogP contribution is 2.48. The molecule has 0 fully saturated rings. The van der Waals surface area contributed by atoms with Crippen molar-refractivity contribution in [2.24, 2.45) is 0 Å². The topological polar surface area (TPSA) is 89.7 Å². The standard InChI is InChI=1S/C8H5BrClNO5/c1-16-8-6(11(14)15)3(2-12)5(10)4(9)7(8)13/h2,13H,1H3. The van der Waals surface area contributed by atoms with Gasteiger partial charge in [0.15, 0.2) is 12.0 Å². The highest BCUT2D eigenvalue weighted by atomic mass is 79.9. The first-order valence-corrected chi connectivity index (χ1v) is 5.00. The highest BCUT2D eigenvalue weighted by Gasteiger charge is 2.30. The number of phenolic OH excluding ortho intramolecular Hbond substituents is 1. The largest absolute Gasteiger partial charge is 0.503 e. The molecule has 0 aromatic heterocycles. The molecule has 0 saturated heterocycles. The predicted octanol–water partition coefficient (Wildman–Crippen LogP) is 2.54. The molecule has 8 heteroatoms. The molecule has 6 nitrogen and oxygen atoms in total. The van der Waals surface area contributed by atoms with Crippen molar-refractivity contribution in [2.75, 3.05) is 7.11 Å². The summed E-state index contributed by atoms with van der Waals surface area (Å²) >= 11 is 8.58. The van der Waals surface area contributed by atoms with Crippen molar-refractivity contribution in [3.63, 3.8) is 0 Å². The van der Waals surface area contributed by atoms with Crippen molar-refractivity contribution in [1.29, 1.82) is 0 Å². The lowest BCUT2D eigenvalue weighted by atomic mass is 10.1. The number of halogens is 2. The van der Waals surface area contributed by atoms with Crippen LogP contribution in [0.4, 0.5) is 5.69 Å². The van der Waals surface area contributed by atoms with Gasteiger partial charge < -0.3 is 9.84 Å². The first-order valence-electron chi connectivity index (χ1n) is 3.83. The Morgan fingerprint density at radius 2 is 2.19 bits per heavy atom. The maximum absolute atomic E-state index is 10.8. The van der Waals surface area contributed by atoms with Crippen molar-refractivity contribution in [1.82, 2.24) is 0 Å². The zero-order chi connectivity index (χ0) is 12.5. The summed E-state index contributed by atoms with van der Waals surface area (Å²) in [6.07, 6.45) is 0.229. The van der Waals surface area contributed by atoms with Crippen LogP contribution in [0.15, 0.2) is 4.47 Å². The van der Waals surface area contributed by atoms with Crippen LogP contribution in [-0.4, -0.2) is 23.4 Å². The van der Waals surface area contributed by atoms with Crippen LogP contribution < -0.4 is 4.74 Å². The van der Waals surface area contributed by atoms with Crippen LogP contribution in [0.2, 0.25) is 5.02 Å². The summed E-state index contributed by atoms with van der Waals surface area (Å²) in [5.74, 6) is -0.937. The summed E-state index contributed by atoms with van der Waals surface area (Å²) in [7, 11) is 1.14. The maximum atomic E-state index is 10.8. The third kappa shape index (κ3) is 1.83. The van der Waals surface area contributed by atoms with E-state index in [0.29, 0.717) is 0 Å². The summed E-state index contributed by atoms with van der Waals surface area (Å²) in [5.41, 5.74) is -1.02. The minimum Gasteiger partial charge on any atom is -0.503 e. The Labute approximate surface area is 103 Å². The number of benzene rings is 1. The molecule has 1 rings (SSSR count). The lowest BCUT2D eigenvalue weighted by molar-refractivity contribution is -0.386. The average molecular weight is 310 g/mol. The molecule has 86 valence electrons. The van der Waals surface area contributed by atoms with Crippen LogP contribution in [0.3, 0.4) is 0 Å². The van der Waals surface area contributed by atoms with Gasteiger partial charge in [-0.25, -0.2) is 0 Å². The van der Waals surface area contributed by atoms with E-state index >= 15 is 0 Å². The van der Waals surface area contributed by atoms with Gasteiger partial charge in [-0.2, -0.15) is 0 Å². The number of hydrogen-bond acceptors (Lipinski definition) is 5. The Morgan fingerprint density at radius 1 is 1.62 bits per heavy atom. The van der Waals surface area contributed by atoms with Crippen LogP contribution in [0, 0.1) is 10.1 Å². The number of nitro groups is 1. The summed E-state index contributed by atoms with van der Waals surface area (Å²) in [4.78, 5) is 20.6. The Kier molecular flexibility index (Phi) is 3.71. The molecule has 0 aliphatic carbocycles. The van der Waals surface area contributed by atoms with E-state index in [1.807, 2.05) is 0 Å². The van der Waals surface area contributed by atoms with Gasteiger partial charge >= 0.3 is 5.69 Å². The Balaban J connectivity index is 3.80. The fourth-order valence-corrected chi connectivity index (χ4v) is 1.76. The fraction of sp³-hybridized carbons (Fsp3) is 0.125. The van der Waals surface area contributed by atoms with E-state index in [1.165, 1.54) is 0 Å². The molecule has 16 heavy (non-hydrogen) atoms. The van der Waals surface area contributed by atoms with Gasteiger partial charge in [-0.1, -0.05) is 11.6 Å². The van der Waals surface area contributed by atoms with Gasteiger partial charge in [0.2, 0.25) is 5.75 Å². The molecule has 0 radical (unpaired) electrons. The fourth-order valence-electron chi connectivity index (χ4n) is 1.14. The molecule has 0 bridgehead atoms. The Hall–Kier alpha value is -1.34. The number of hydrogen-bond donors (Lipinski definition) is 1. The number of ether oxygens (including phenoxy) is 1. The molecule has 0 unspecified atom stereocenters. The molecule has 0 saturated carbocycles. The lowest BCUT2D eigenvalue weighted by Gasteiger charge is -2.09. The summed E-state index contributed by atoms with van der Waals surface area (Å²) in [5, 5.41) is 20.1. The van der Waals surface area contributed by atoms with Gasteiger partial charge in [-0.15, -0.1) is 0 Å². The zero-order valence-corrected chi connectivity index (χ0v) is 10.2. The molecule has 1 aromatic rings. The second-order valence-electron chi connectivity index (χ2n) is 2.65. The molecule has 1 N–H and O–H groups in total. The van der Waals surface area contributed by atoms with Crippen LogP contribution in [0.25, 0.3) is 0 Å². The third-order valence-corrected chi connectivity index (χ3v) is 3.22. The first-order chi connectivity index (χ1) is 7.45. The van der Waals surface area contributed by atoms with Gasteiger partial charge in [0.1, 0.15) is 5.56 Å². The van der Waals surface area contributed by atoms with Crippen LogP contribution >= 0.6 is 27.5 Å². The number of carbonyl (C=O) groups excluding carboxylic acids is 1. The number of nitro benzene ring substituents is 1. The molecule has 0 spiro atoms. The van der Waals surface area contributed by atoms with E-state index in [4.69, 9.17) is 11.6 Å². The highest BCUT2D eigenvalue weighted by molar-refractivity contribution is 9.10. The molecule has 0 amide bonds. The molecular weight excluding hydrogens is 305 g/mol. The van der Waals surface area contributed by atoms with E-state index in [0.717, 1.165) is 7.11 Å². The molecule has 1 aromatic carbocycles. The number of methoxy groups -OCH3 is 1. The van der Waals surface area contributed by atoms with Crippen molar-refractivity contribution in [3.8, 4) is 11.5 Å². The molecule has 0 atom stereocenters. The van der Waals surface area contributed by atoms with Crippen LogP contribution in [0.1, 0.15) is 10.4 Å². The molecule has 0 aliphatic heterocycles. The minimum atomic E-state index is -0.847. The lowest BCUT2D eigenvalue weighted by Crippen LogP contribution is -2.00. The van der Waals surface area contributed by atoms with Crippen molar-refractivity contribution >= 4 is 39.5 Å². The van der Waals surface area contributed by atoms with Gasteiger partial charge in [-0.05, 0) is 15.9 Å². The third-order valence-electron chi connectivity index (χ3n) is 1.83. The molecule has 0 aliphatic rings. The number of aldehydes is 1. The second kappa shape index (κ2) is 4.67. The summed E-state index contributed by atoms with van der Waals surface area (Å²) < 4.78 is 4.65. The zero-order valence-electron chi connectivity index (χ0n) is 7.86. The van der Waals surface area contributed by atoms with Crippen molar-refractivity contribution in [2.45, 2.75) is 0 Å². The second-order valence-corrected chi connectivity index (χ2v) is 3.82. The van der Waals surface area contributed by atoms with E-state index in [1.54, 1.807) is 0 Å². The van der Waals surface area contributed by atoms with E-state index in [9.17, 15) is 20.0 Å².